The van der Waals surface area contributed by atoms with Crippen molar-refractivity contribution in [3.63, 3.8) is 0 Å². The zero-order valence-corrected chi connectivity index (χ0v) is 5.74. The zero-order chi connectivity index (χ0) is 8.10. The Balaban J connectivity index is 0.00000121. The van der Waals surface area contributed by atoms with Crippen molar-refractivity contribution in [2.45, 2.75) is 0 Å². The van der Waals surface area contributed by atoms with Crippen molar-refractivity contribution < 1.29 is 9.90 Å². The first-order valence-electron chi connectivity index (χ1n) is 3.09. The van der Waals surface area contributed by atoms with Crippen LogP contribution >= 0.6 is 0 Å². The van der Waals surface area contributed by atoms with Crippen molar-refractivity contribution in [3.05, 3.63) is 35.9 Å². The van der Waals surface area contributed by atoms with Crippen LogP contribution in [0.15, 0.2) is 30.3 Å². The van der Waals surface area contributed by atoms with Gasteiger partial charge in [-0.15, -0.1) is 0 Å². The van der Waals surface area contributed by atoms with E-state index in [9.17, 15) is 4.79 Å². The van der Waals surface area contributed by atoms with E-state index in [0.717, 1.165) is 5.56 Å². The van der Waals surface area contributed by atoms with Crippen LogP contribution < -0.4 is 0 Å². The molecule has 1 N–H and O–H groups in total. The van der Waals surface area contributed by atoms with Gasteiger partial charge in [0.25, 0.3) is 0 Å². The SMILES string of the molecule is O=C(O)C#Cc1ccccc1.[CaH2]. The minimum atomic E-state index is -1.10. The van der Waals surface area contributed by atoms with Gasteiger partial charge in [0.2, 0.25) is 0 Å². The molecule has 0 bridgehead atoms. The summed E-state index contributed by atoms with van der Waals surface area (Å²) >= 11 is 0. The Morgan fingerprint density at radius 1 is 1.25 bits per heavy atom. The minimum absolute atomic E-state index is 0. The molecule has 0 aliphatic rings. The van der Waals surface area contributed by atoms with Crippen molar-refractivity contribution in [1.82, 2.24) is 0 Å². The summed E-state index contributed by atoms with van der Waals surface area (Å²) in [6.45, 7) is 0. The van der Waals surface area contributed by atoms with E-state index in [2.05, 4.69) is 5.92 Å². The van der Waals surface area contributed by atoms with E-state index >= 15 is 0 Å². The summed E-state index contributed by atoms with van der Waals surface area (Å²) in [6.07, 6.45) is 0. The van der Waals surface area contributed by atoms with E-state index in [1.165, 1.54) is 0 Å². The van der Waals surface area contributed by atoms with Gasteiger partial charge in [0.05, 0.1) is 0 Å². The van der Waals surface area contributed by atoms with Crippen molar-refractivity contribution in [2.24, 2.45) is 0 Å². The number of carboxylic acid groups (broad SMARTS) is 1. The Labute approximate surface area is 101 Å². The van der Waals surface area contributed by atoms with Gasteiger partial charge >= 0.3 is 43.7 Å². The predicted molar refractivity (Wildman–Crippen MR) is 49.5 cm³/mol. The van der Waals surface area contributed by atoms with Crippen LogP contribution in [0.3, 0.4) is 0 Å². The first kappa shape index (κ1) is 11.5. The second-order valence-electron chi connectivity index (χ2n) is 1.92. The number of carboxylic acids is 1. The number of hydrogen-bond donors (Lipinski definition) is 1. The summed E-state index contributed by atoms with van der Waals surface area (Å²) in [7, 11) is 0. The fourth-order valence-electron chi connectivity index (χ4n) is 0.647. The van der Waals surface area contributed by atoms with Crippen LogP contribution in [0.5, 0.6) is 0 Å². The number of benzene rings is 1. The maximum atomic E-state index is 10.00. The molecule has 3 heteroatoms. The first-order valence-corrected chi connectivity index (χ1v) is 3.09. The Morgan fingerprint density at radius 3 is 2.33 bits per heavy atom. The molecule has 12 heavy (non-hydrogen) atoms. The van der Waals surface area contributed by atoms with E-state index in [1.807, 2.05) is 24.1 Å². The molecule has 0 aliphatic heterocycles. The summed E-state index contributed by atoms with van der Waals surface area (Å²) in [5.74, 6) is 3.42. The molecule has 58 valence electrons. The van der Waals surface area contributed by atoms with Crippen LogP contribution in [-0.4, -0.2) is 48.8 Å². The molecule has 1 rings (SSSR count). The van der Waals surface area contributed by atoms with Gasteiger partial charge < -0.3 is 5.11 Å². The summed E-state index contributed by atoms with van der Waals surface area (Å²) in [4.78, 5) is 10.00. The third-order valence-electron chi connectivity index (χ3n) is 1.09. The maximum absolute atomic E-state index is 10.00. The van der Waals surface area contributed by atoms with Gasteiger partial charge in [-0.1, -0.05) is 24.1 Å². The normalized spacial score (nSPS) is 7.33. The van der Waals surface area contributed by atoms with Gasteiger partial charge in [0.1, 0.15) is 0 Å². The van der Waals surface area contributed by atoms with Gasteiger partial charge in [-0.2, -0.15) is 0 Å². The molecule has 0 spiro atoms. The number of aliphatic carboxylic acids is 1. The molecular formula is C9H8CaO2. The molecule has 0 fully saturated rings. The van der Waals surface area contributed by atoms with Crippen LogP contribution in [0.4, 0.5) is 0 Å². The summed E-state index contributed by atoms with van der Waals surface area (Å²) in [6, 6.07) is 9.00. The monoisotopic (exact) mass is 188 g/mol. The third-order valence-corrected chi connectivity index (χ3v) is 1.09. The molecule has 0 amide bonds. The van der Waals surface area contributed by atoms with Crippen molar-refractivity contribution in [2.75, 3.05) is 0 Å². The van der Waals surface area contributed by atoms with Crippen molar-refractivity contribution >= 4 is 43.7 Å². The Bertz CT molecular complexity index is 308. The van der Waals surface area contributed by atoms with Crippen LogP contribution in [-0.2, 0) is 4.79 Å². The molecule has 0 saturated carbocycles. The van der Waals surface area contributed by atoms with Gasteiger partial charge in [-0.3, -0.25) is 0 Å². The number of hydrogen-bond acceptors (Lipinski definition) is 1. The van der Waals surface area contributed by atoms with Crippen LogP contribution in [0.2, 0.25) is 0 Å². The average Bonchev–Trinajstić information content (AvgIpc) is 2.03. The van der Waals surface area contributed by atoms with Crippen LogP contribution in [0, 0.1) is 11.8 Å². The second kappa shape index (κ2) is 6.07. The van der Waals surface area contributed by atoms with E-state index in [-0.39, 0.29) is 37.7 Å². The van der Waals surface area contributed by atoms with Gasteiger partial charge in [0.15, 0.2) is 0 Å². The molecular weight excluding hydrogens is 180 g/mol. The van der Waals surface area contributed by atoms with Crippen molar-refractivity contribution in [3.8, 4) is 11.8 Å². The summed E-state index contributed by atoms with van der Waals surface area (Å²) in [5.41, 5.74) is 0.718. The number of rotatable bonds is 0. The first-order chi connectivity index (χ1) is 5.29. The van der Waals surface area contributed by atoms with Crippen LogP contribution in [0.25, 0.3) is 0 Å². The van der Waals surface area contributed by atoms with Gasteiger partial charge in [0, 0.05) is 11.5 Å². The quantitative estimate of drug-likeness (QED) is 0.466. The molecule has 0 saturated heterocycles. The number of carbonyl (C=O) groups is 1. The molecule has 1 aromatic rings. The molecule has 0 atom stereocenters. The Morgan fingerprint density at radius 2 is 1.83 bits per heavy atom. The Hall–Kier alpha value is -0.490. The summed E-state index contributed by atoms with van der Waals surface area (Å²) in [5, 5.41) is 8.20. The van der Waals surface area contributed by atoms with E-state index in [4.69, 9.17) is 5.11 Å². The molecule has 0 aromatic heterocycles. The van der Waals surface area contributed by atoms with E-state index < -0.39 is 5.97 Å². The fourth-order valence-corrected chi connectivity index (χ4v) is 0.647. The second-order valence-corrected chi connectivity index (χ2v) is 1.92. The standard InChI is InChI=1S/C9H6O2.Ca.2H/c10-9(11)7-6-8-4-2-1-3-5-8;;;/h1-5H,(H,10,11);;;. The fraction of sp³-hybridized carbons (Fsp3) is 0. The van der Waals surface area contributed by atoms with E-state index in [1.54, 1.807) is 12.1 Å². The van der Waals surface area contributed by atoms with Crippen LogP contribution in [0.1, 0.15) is 5.56 Å². The van der Waals surface area contributed by atoms with Gasteiger partial charge in [-0.05, 0) is 12.1 Å². The summed E-state index contributed by atoms with van der Waals surface area (Å²) < 4.78 is 0. The zero-order valence-electron chi connectivity index (χ0n) is 5.74. The topological polar surface area (TPSA) is 37.3 Å². The molecule has 0 heterocycles. The average molecular weight is 188 g/mol. The molecule has 0 aliphatic carbocycles. The molecule has 1 aromatic carbocycles. The molecule has 2 nitrogen and oxygen atoms in total. The molecule has 0 radical (unpaired) electrons. The predicted octanol–water partition coefficient (Wildman–Crippen LogP) is 0.207. The molecule has 0 unspecified atom stereocenters. The van der Waals surface area contributed by atoms with Gasteiger partial charge in [-0.25, -0.2) is 4.79 Å². The van der Waals surface area contributed by atoms with E-state index in [0.29, 0.717) is 0 Å². The third kappa shape index (κ3) is 4.40. The Kier molecular flexibility index (Phi) is 5.83. The van der Waals surface area contributed by atoms with Crippen molar-refractivity contribution in [1.29, 1.82) is 0 Å².